The van der Waals surface area contributed by atoms with Crippen molar-refractivity contribution in [1.29, 1.82) is 0 Å². The van der Waals surface area contributed by atoms with Crippen LogP contribution in [0.4, 0.5) is 10.1 Å². The SMILES string of the molecule is CCCCCNC(=O)c1cncc(NCCc2ccccc2F)c1. The molecule has 0 aliphatic rings. The first-order chi connectivity index (χ1) is 11.7. The molecule has 5 heteroatoms. The van der Waals surface area contributed by atoms with Gasteiger partial charge in [0.2, 0.25) is 0 Å². The predicted molar refractivity (Wildman–Crippen MR) is 94.7 cm³/mol. The summed E-state index contributed by atoms with van der Waals surface area (Å²) in [4.78, 5) is 16.2. The summed E-state index contributed by atoms with van der Waals surface area (Å²) in [6, 6.07) is 8.50. The zero-order valence-electron chi connectivity index (χ0n) is 14.0. The Bertz CT molecular complexity index is 661. The first-order valence-corrected chi connectivity index (χ1v) is 8.41. The van der Waals surface area contributed by atoms with E-state index in [2.05, 4.69) is 22.5 Å². The molecule has 1 aromatic heterocycles. The van der Waals surface area contributed by atoms with E-state index < -0.39 is 0 Å². The number of aromatic nitrogens is 1. The fraction of sp³-hybridized carbons (Fsp3) is 0.368. The van der Waals surface area contributed by atoms with Crippen LogP contribution in [0.2, 0.25) is 0 Å². The lowest BCUT2D eigenvalue weighted by atomic mass is 10.1. The molecule has 4 nitrogen and oxygen atoms in total. The fourth-order valence-electron chi connectivity index (χ4n) is 2.38. The van der Waals surface area contributed by atoms with Crippen molar-refractivity contribution in [1.82, 2.24) is 10.3 Å². The van der Waals surface area contributed by atoms with Crippen molar-refractivity contribution in [3.05, 3.63) is 59.7 Å². The Morgan fingerprint density at radius 2 is 2.00 bits per heavy atom. The van der Waals surface area contributed by atoms with Gasteiger partial charge in [0.05, 0.1) is 11.3 Å². The summed E-state index contributed by atoms with van der Waals surface area (Å²) in [5, 5.41) is 6.08. The van der Waals surface area contributed by atoms with E-state index >= 15 is 0 Å². The van der Waals surface area contributed by atoms with Crippen molar-refractivity contribution in [3.8, 4) is 0 Å². The lowest BCUT2D eigenvalue weighted by Crippen LogP contribution is -2.24. The van der Waals surface area contributed by atoms with Crippen LogP contribution < -0.4 is 10.6 Å². The third-order valence-corrected chi connectivity index (χ3v) is 3.75. The highest BCUT2D eigenvalue weighted by molar-refractivity contribution is 5.94. The third-order valence-electron chi connectivity index (χ3n) is 3.75. The molecule has 0 unspecified atom stereocenters. The molecule has 24 heavy (non-hydrogen) atoms. The Balaban J connectivity index is 1.84. The van der Waals surface area contributed by atoms with Crippen LogP contribution in [0.5, 0.6) is 0 Å². The molecule has 0 atom stereocenters. The molecule has 128 valence electrons. The van der Waals surface area contributed by atoms with Gasteiger partial charge in [0.1, 0.15) is 5.82 Å². The highest BCUT2D eigenvalue weighted by atomic mass is 19.1. The molecule has 2 rings (SSSR count). The largest absolute Gasteiger partial charge is 0.383 e. The summed E-state index contributed by atoms with van der Waals surface area (Å²) < 4.78 is 13.6. The average Bonchev–Trinajstić information content (AvgIpc) is 2.60. The molecule has 2 N–H and O–H groups in total. The summed E-state index contributed by atoms with van der Waals surface area (Å²) in [5.74, 6) is -0.311. The van der Waals surface area contributed by atoms with Crippen molar-refractivity contribution >= 4 is 11.6 Å². The van der Waals surface area contributed by atoms with Crippen molar-refractivity contribution in [3.63, 3.8) is 0 Å². The van der Waals surface area contributed by atoms with E-state index in [0.717, 1.165) is 24.9 Å². The molecule has 2 aromatic rings. The molecule has 0 saturated heterocycles. The highest BCUT2D eigenvalue weighted by Crippen LogP contribution is 2.11. The number of benzene rings is 1. The van der Waals surface area contributed by atoms with E-state index in [-0.39, 0.29) is 11.7 Å². The molecule has 0 aliphatic heterocycles. The van der Waals surface area contributed by atoms with Crippen LogP contribution in [0, 0.1) is 5.82 Å². The van der Waals surface area contributed by atoms with Gasteiger partial charge in [-0.25, -0.2) is 4.39 Å². The Morgan fingerprint density at radius 3 is 2.79 bits per heavy atom. The summed E-state index contributed by atoms with van der Waals surface area (Å²) in [6.45, 7) is 3.38. The Kier molecular flexibility index (Phi) is 7.21. The highest BCUT2D eigenvalue weighted by Gasteiger charge is 2.06. The van der Waals surface area contributed by atoms with Crippen LogP contribution in [0.15, 0.2) is 42.7 Å². The molecular formula is C19H24FN3O. The van der Waals surface area contributed by atoms with Gasteiger partial charge in [-0.05, 0) is 30.5 Å². The molecule has 0 aliphatic carbocycles. The van der Waals surface area contributed by atoms with Crippen LogP contribution in [-0.2, 0) is 6.42 Å². The van der Waals surface area contributed by atoms with E-state index in [0.29, 0.717) is 30.6 Å². The number of hydrogen-bond acceptors (Lipinski definition) is 3. The number of pyridine rings is 1. The van der Waals surface area contributed by atoms with E-state index in [1.54, 1.807) is 30.6 Å². The standard InChI is InChI=1S/C19H24FN3O/c1-2-3-6-10-23-19(24)16-12-17(14-21-13-16)22-11-9-15-7-4-5-8-18(15)20/h4-5,7-8,12-14,22H,2-3,6,9-11H2,1H3,(H,23,24). The molecular weight excluding hydrogens is 305 g/mol. The quantitative estimate of drug-likeness (QED) is 0.688. The first-order valence-electron chi connectivity index (χ1n) is 8.41. The molecule has 0 fully saturated rings. The van der Waals surface area contributed by atoms with Gasteiger partial charge in [0, 0.05) is 25.5 Å². The topological polar surface area (TPSA) is 54.0 Å². The molecule has 0 spiro atoms. The number of nitrogens with zero attached hydrogens (tertiary/aromatic N) is 1. The second-order valence-electron chi connectivity index (χ2n) is 5.69. The number of halogens is 1. The van der Waals surface area contributed by atoms with Crippen molar-refractivity contribution in [2.75, 3.05) is 18.4 Å². The van der Waals surface area contributed by atoms with Gasteiger partial charge in [-0.15, -0.1) is 0 Å². The Morgan fingerprint density at radius 1 is 1.17 bits per heavy atom. The van der Waals surface area contributed by atoms with E-state index in [9.17, 15) is 9.18 Å². The fourth-order valence-corrected chi connectivity index (χ4v) is 2.38. The second kappa shape index (κ2) is 9.65. The number of anilines is 1. The van der Waals surface area contributed by atoms with Crippen molar-refractivity contribution in [2.24, 2.45) is 0 Å². The van der Waals surface area contributed by atoms with Gasteiger partial charge in [0.25, 0.3) is 5.91 Å². The average molecular weight is 329 g/mol. The second-order valence-corrected chi connectivity index (χ2v) is 5.69. The van der Waals surface area contributed by atoms with E-state index in [1.807, 2.05) is 6.07 Å². The van der Waals surface area contributed by atoms with Crippen LogP contribution in [0.25, 0.3) is 0 Å². The molecule has 0 saturated carbocycles. The summed E-state index contributed by atoms with van der Waals surface area (Å²) in [7, 11) is 0. The summed E-state index contributed by atoms with van der Waals surface area (Å²) >= 11 is 0. The third kappa shape index (κ3) is 5.65. The van der Waals surface area contributed by atoms with Gasteiger partial charge in [-0.3, -0.25) is 9.78 Å². The van der Waals surface area contributed by atoms with Crippen LogP contribution >= 0.6 is 0 Å². The Hall–Kier alpha value is -2.43. The van der Waals surface area contributed by atoms with Gasteiger partial charge >= 0.3 is 0 Å². The maximum atomic E-state index is 13.6. The van der Waals surface area contributed by atoms with E-state index in [4.69, 9.17) is 0 Å². The normalized spacial score (nSPS) is 10.4. The molecule has 0 bridgehead atoms. The minimum Gasteiger partial charge on any atom is -0.383 e. The van der Waals surface area contributed by atoms with E-state index in [1.165, 1.54) is 6.07 Å². The Labute approximate surface area is 142 Å². The minimum absolute atomic E-state index is 0.114. The number of hydrogen-bond donors (Lipinski definition) is 2. The van der Waals surface area contributed by atoms with Gasteiger partial charge in [0.15, 0.2) is 0 Å². The molecule has 1 amide bonds. The van der Waals surface area contributed by atoms with Gasteiger partial charge in [-0.2, -0.15) is 0 Å². The summed E-state index contributed by atoms with van der Waals surface area (Å²) in [6.07, 6.45) is 7.00. The summed E-state index contributed by atoms with van der Waals surface area (Å²) in [5.41, 5.74) is 1.96. The maximum Gasteiger partial charge on any atom is 0.252 e. The number of rotatable bonds is 9. The zero-order chi connectivity index (χ0) is 17.2. The number of amides is 1. The first kappa shape index (κ1) is 17.9. The molecule has 1 aromatic carbocycles. The lowest BCUT2D eigenvalue weighted by Gasteiger charge is -2.09. The van der Waals surface area contributed by atoms with Crippen LogP contribution in [0.1, 0.15) is 42.1 Å². The molecule has 1 heterocycles. The van der Waals surface area contributed by atoms with Crippen molar-refractivity contribution in [2.45, 2.75) is 32.6 Å². The minimum atomic E-state index is -0.197. The van der Waals surface area contributed by atoms with Crippen LogP contribution in [-0.4, -0.2) is 24.0 Å². The maximum absolute atomic E-state index is 13.6. The smallest absolute Gasteiger partial charge is 0.252 e. The number of carbonyl (C=O) groups is 1. The number of unbranched alkanes of at least 4 members (excludes halogenated alkanes) is 2. The lowest BCUT2D eigenvalue weighted by molar-refractivity contribution is 0.0952. The monoisotopic (exact) mass is 329 g/mol. The number of carbonyl (C=O) groups excluding carboxylic acids is 1. The van der Waals surface area contributed by atoms with Gasteiger partial charge < -0.3 is 10.6 Å². The predicted octanol–water partition coefficient (Wildman–Crippen LogP) is 3.80. The number of nitrogens with one attached hydrogen (secondary N) is 2. The molecule has 0 radical (unpaired) electrons. The zero-order valence-corrected chi connectivity index (χ0v) is 14.0. The van der Waals surface area contributed by atoms with Crippen LogP contribution in [0.3, 0.4) is 0 Å². The van der Waals surface area contributed by atoms with Crippen molar-refractivity contribution < 1.29 is 9.18 Å². The van der Waals surface area contributed by atoms with Gasteiger partial charge in [-0.1, -0.05) is 38.0 Å².